The SMILES string of the molecule is COCC1(C(=O)NCC(c2cccc(OC)c2)N(C)C)CCNC1.Cl. The van der Waals surface area contributed by atoms with Crippen LogP contribution in [0.3, 0.4) is 0 Å². The largest absolute Gasteiger partial charge is 0.497 e. The van der Waals surface area contributed by atoms with E-state index in [1.54, 1.807) is 14.2 Å². The summed E-state index contributed by atoms with van der Waals surface area (Å²) in [6.07, 6.45) is 0.804. The van der Waals surface area contributed by atoms with Crippen LogP contribution in [0.2, 0.25) is 0 Å². The van der Waals surface area contributed by atoms with Crippen LogP contribution in [0.1, 0.15) is 18.0 Å². The molecule has 0 saturated carbocycles. The number of nitrogens with zero attached hydrogens (tertiary/aromatic N) is 1. The Hall–Kier alpha value is -1.34. The fourth-order valence-corrected chi connectivity index (χ4v) is 3.23. The summed E-state index contributed by atoms with van der Waals surface area (Å²) in [6, 6.07) is 8.05. The molecule has 2 atom stereocenters. The Morgan fingerprint density at radius 3 is 2.72 bits per heavy atom. The molecule has 0 radical (unpaired) electrons. The lowest BCUT2D eigenvalue weighted by Crippen LogP contribution is -2.47. The second kappa shape index (κ2) is 9.97. The second-order valence-corrected chi connectivity index (χ2v) is 6.61. The van der Waals surface area contributed by atoms with Gasteiger partial charge in [0, 0.05) is 20.2 Å². The molecule has 6 nitrogen and oxygen atoms in total. The highest BCUT2D eigenvalue weighted by atomic mass is 35.5. The summed E-state index contributed by atoms with van der Waals surface area (Å²) in [5.41, 5.74) is 0.657. The molecule has 0 bridgehead atoms. The number of nitrogens with one attached hydrogen (secondary N) is 2. The van der Waals surface area contributed by atoms with Gasteiger partial charge in [0.2, 0.25) is 5.91 Å². The maximum absolute atomic E-state index is 12.8. The number of hydrogen-bond donors (Lipinski definition) is 2. The lowest BCUT2D eigenvalue weighted by Gasteiger charge is -2.30. The fourth-order valence-electron chi connectivity index (χ4n) is 3.23. The van der Waals surface area contributed by atoms with E-state index in [-0.39, 0.29) is 24.4 Å². The summed E-state index contributed by atoms with van der Waals surface area (Å²) >= 11 is 0. The van der Waals surface area contributed by atoms with Gasteiger partial charge in [-0.25, -0.2) is 0 Å². The molecule has 2 rings (SSSR count). The molecule has 25 heavy (non-hydrogen) atoms. The van der Waals surface area contributed by atoms with Crippen LogP contribution in [-0.4, -0.2) is 65.4 Å². The average Bonchev–Trinajstić information content (AvgIpc) is 3.05. The van der Waals surface area contributed by atoms with Crippen molar-refractivity contribution in [3.8, 4) is 5.75 Å². The topological polar surface area (TPSA) is 62.8 Å². The van der Waals surface area contributed by atoms with Crippen LogP contribution in [0.4, 0.5) is 0 Å². The molecule has 1 aromatic rings. The number of amides is 1. The van der Waals surface area contributed by atoms with Crippen LogP contribution < -0.4 is 15.4 Å². The molecule has 0 spiro atoms. The van der Waals surface area contributed by atoms with Gasteiger partial charge in [-0.05, 0) is 44.8 Å². The summed E-state index contributed by atoms with van der Waals surface area (Å²) in [5, 5.41) is 6.39. The summed E-state index contributed by atoms with van der Waals surface area (Å²) in [7, 11) is 7.33. The van der Waals surface area contributed by atoms with Gasteiger partial charge in [-0.15, -0.1) is 12.4 Å². The van der Waals surface area contributed by atoms with Gasteiger partial charge in [-0.2, -0.15) is 0 Å². The molecular formula is C18H30ClN3O3. The van der Waals surface area contributed by atoms with Gasteiger partial charge in [-0.3, -0.25) is 4.79 Å². The highest BCUT2D eigenvalue weighted by molar-refractivity contribution is 5.85. The van der Waals surface area contributed by atoms with Gasteiger partial charge in [0.05, 0.1) is 25.2 Å². The number of likely N-dealkylation sites (N-methyl/N-ethyl adjacent to an activating group) is 1. The molecule has 0 aliphatic carbocycles. The van der Waals surface area contributed by atoms with E-state index >= 15 is 0 Å². The predicted molar refractivity (Wildman–Crippen MR) is 101 cm³/mol. The summed E-state index contributed by atoms with van der Waals surface area (Å²) in [6.45, 7) is 2.50. The van der Waals surface area contributed by atoms with Gasteiger partial charge in [0.1, 0.15) is 5.75 Å². The zero-order valence-corrected chi connectivity index (χ0v) is 16.3. The molecule has 142 valence electrons. The number of carbonyl (C=O) groups excluding carboxylic acids is 1. The van der Waals surface area contributed by atoms with E-state index in [0.29, 0.717) is 19.7 Å². The van der Waals surface area contributed by atoms with Crippen molar-refractivity contribution in [3.05, 3.63) is 29.8 Å². The van der Waals surface area contributed by atoms with Gasteiger partial charge in [0.25, 0.3) is 0 Å². The monoisotopic (exact) mass is 371 g/mol. The summed E-state index contributed by atoms with van der Waals surface area (Å²) in [4.78, 5) is 14.9. The van der Waals surface area contributed by atoms with Crippen molar-refractivity contribution in [2.45, 2.75) is 12.5 Å². The van der Waals surface area contributed by atoms with E-state index in [0.717, 1.165) is 24.3 Å². The van der Waals surface area contributed by atoms with E-state index in [9.17, 15) is 4.79 Å². The van der Waals surface area contributed by atoms with Crippen molar-refractivity contribution in [3.63, 3.8) is 0 Å². The van der Waals surface area contributed by atoms with Crippen LogP contribution in [0, 0.1) is 5.41 Å². The molecule has 0 aromatic heterocycles. The number of carbonyl (C=O) groups is 1. The molecular weight excluding hydrogens is 342 g/mol. The summed E-state index contributed by atoms with van der Waals surface area (Å²) < 4.78 is 10.6. The van der Waals surface area contributed by atoms with Crippen molar-refractivity contribution in [1.82, 2.24) is 15.5 Å². The first-order valence-corrected chi connectivity index (χ1v) is 8.31. The van der Waals surface area contributed by atoms with Gasteiger partial charge < -0.3 is 25.0 Å². The number of methoxy groups -OCH3 is 2. The van der Waals surface area contributed by atoms with Crippen molar-refractivity contribution in [2.75, 3.05) is 54.6 Å². The summed E-state index contributed by atoms with van der Waals surface area (Å²) in [5.74, 6) is 0.880. The first-order valence-electron chi connectivity index (χ1n) is 8.31. The number of halogens is 1. The molecule has 7 heteroatoms. The minimum Gasteiger partial charge on any atom is -0.497 e. The first kappa shape index (κ1) is 21.7. The van der Waals surface area contributed by atoms with E-state index < -0.39 is 5.41 Å². The molecule has 1 fully saturated rings. The quantitative estimate of drug-likeness (QED) is 0.724. The standard InChI is InChI=1S/C18H29N3O3.ClH/c1-21(2)16(14-6-5-7-15(10-14)24-4)11-20-17(22)18(13-23-3)8-9-19-12-18;/h5-7,10,16,19H,8-9,11-13H2,1-4H3,(H,20,22);1H. The minimum absolute atomic E-state index is 0. The second-order valence-electron chi connectivity index (χ2n) is 6.61. The third-order valence-corrected chi connectivity index (χ3v) is 4.70. The van der Waals surface area contributed by atoms with Crippen LogP contribution in [-0.2, 0) is 9.53 Å². The highest BCUT2D eigenvalue weighted by Crippen LogP contribution is 2.27. The Morgan fingerprint density at radius 1 is 1.40 bits per heavy atom. The number of rotatable bonds is 8. The van der Waals surface area contributed by atoms with Crippen molar-refractivity contribution in [1.29, 1.82) is 0 Å². The maximum atomic E-state index is 12.8. The van der Waals surface area contributed by atoms with Crippen LogP contribution in [0.5, 0.6) is 5.75 Å². The molecule has 1 aliphatic heterocycles. The first-order chi connectivity index (χ1) is 11.5. The molecule has 1 heterocycles. The lowest BCUT2D eigenvalue weighted by molar-refractivity contribution is -0.133. The minimum atomic E-state index is -0.458. The Balaban J connectivity index is 0.00000312. The van der Waals surface area contributed by atoms with Crippen molar-refractivity contribution >= 4 is 18.3 Å². The molecule has 1 aromatic carbocycles. The van der Waals surface area contributed by atoms with E-state index in [4.69, 9.17) is 9.47 Å². The van der Waals surface area contributed by atoms with Gasteiger partial charge in [0.15, 0.2) is 0 Å². The molecule has 1 aliphatic rings. The van der Waals surface area contributed by atoms with Crippen molar-refractivity contribution in [2.24, 2.45) is 5.41 Å². The third kappa shape index (κ3) is 5.31. The fraction of sp³-hybridized carbons (Fsp3) is 0.611. The van der Waals surface area contributed by atoms with Crippen LogP contribution >= 0.6 is 12.4 Å². The Morgan fingerprint density at radius 2 is 2.16 bits per heavy atom. The smallest absolute Gasteiger partial charge is 0.229 e. The number of ether oxygens (including phenoxy) is 2. The number of benzene rings is 1. The normalized spacial score (nSPS) is 20.8. The Labute approximate surface area is 156 Å². The van der Waals surface area contributed by atoms with Crippen LogP contribution in [0.25, 0.3) is 0 Å². The third-order valence-electron chi connectivity index (χ3n) is 4.70. The molecule has 1 amide bonds. The van der Waals surface area contributed by atoms with Gasteiger partial charge >= 0.3 is 0 Å². The van der Waals surface area contributed by atoms with E-state index in [2.05, 4.69) is 21.6 Å². The molecule has 2 N–H and O–H groups in total. The van der Waals surface area contributed by atoms with E-state index in [1.807, 2.05) is 32.3 Å². The van der Waals surface area contributed by atoms with Crippen LogP contribution in [0.15, 0.2) is 24.3 Å². The number of hydrogen-bond acceptors (Lipinski definition) is 5. The van der Waals surface area contributed by atoms with Gasteiger partial charge in [-0.1, -0.05) is 12.1 Å². The lowest BCUT2D eigenvalue weighted by atomic mass is 9.87. The molecule has 2 unspecified atom stereocenters. The Bertz CT molecular complexity index is 548. The van der Waals surface area contributed by atoms with Crippen molar-refractivity contribution < 1.29 is 14.3 Å². The maximum Gasteiger partial charge on any atom is 0.229 e. The zero-order chi connectivity index (χ0) is 17.6. The molecule has 1 saturated heterocycles. The predicted octanol–water partition coefficient (Wildman–Crippen LogP) is 1.46. The van der Waals surface area contributed by atoms with E-state index in [1.165, 1.54) is 0 Å². The zero-order valence-electron chi connectivity index (χ0n) is 15.5. The highest BCUT2D eigenvalue weighted by Gasteiger charge is 2.41. The average molecular weight is 372 g/mol. The Kier molecular flexibility index (Phi) is 8.65.